The fourth-order valence-electron chi connectivity index (χ4n) is 2.10. The van der Waals surface area contributed by atoms with Gasteiger partial charge in [-0.25, -0.2) is 4.39 Å². The van der Waals surface area contributed by atoms with Crippen molar-refractivity contribution in [3.8, 4) is 0 Å². The number of benzene rings is 1. The summed E-state index contributed by atoms with van der Waals surface area (Å²) in [5.41, 5.74) is -0.132. The van der Waals surface area contributed by atoms with Crippen molar-refractivity contribution in [2.75, 3.05) is 11.9 Å². The summed E-state index contributed by atoms with van der Waals surface area (Å²) in [6.45, 7) is 2.71. The summed E-state index contributed by atoms with van der Waals surface area (Å²) in [5.74, 6) is -0.546. The van der Waals surface area contributed by atoms with Crippen LogP contribution in [0.15, 0.2) is 18.2 Å². The predicted molar refractivity (Wildman–Crippen MR) is 70.3 cm³/mol. The van der Waals surface area contributed by atoms with Gasteiger partial charge in [-0.15, -0.1) is 0 Å². The summed E-state index contributed by atoms with van der Waals surface area (Å²) < 4.78 is 12.9. The first-order valence-electron chi connectivity index (χ1n) is 6.03. The van der Waals surface area contributed by atoms with Crippen LogP contribution in [0.2, 0.25) is 5.02 Å². The molecule has 1 aromatic rings. The molecule has 2 rings (SSSR count). The second-order valence-electron chi connectivity index (χ2n) is 4.79. The fraction of sp³-hybridized carbons (Fsp3) is 0.462. The van der Waals surface area contributed by atoms with Crippen molar-refractivity contribution in [3.05, 3.63) is 29.0 Å². The Bertz CT molecular complexity index is 458. The quantitative estimate of drug-likeness (QED) is 0.868. The lowest BCUT2D eigenvalue weighted by atomic mass is 9.90. The Kier molecular flexibility index (Phi) is 3.88. The van der Waals surface area contributed by atoms with E-state index in [0.717, 1.165) is 25.8 Å². The normalized spacial score (nSPS) is 23.7. The lowest BCUT2D eigenvalue weighted by Gasteiger charge is -2.33. The smallest absolute Gasteiger partial charge is 0.244 e. The number of amides is 1. The first-order valence-corrected chi connectivity index (χ1v) is 6.41. The molecular formula is C13H16ClFN2O. The minimum absolute atomic E-state index is 0.129. The molecule has 1 unspecified atom stereocenters. The van der Waals surface area contributed by atoms with Gasteiger partial charge in [-0.1, -0.05) is 11.6 Å². The van der Waals surface area contributed by atoms with E-state index in [1.165, 1.54) is 18.2 Å². The molecular weight excluding hydrogens is 255 g/mol. The summed E-state index contributed by atoms with van der Waals surface area (Å²) in [4.78, 5) is 12.2. The van der Waals surface area contributed by atoms with Crippen molar-refractivity contribution in [2.45, 2.75) is 31.7 Å². The molecule has 0 saturated carbocycles. The molecule has 2 N–H and O–H groups in total. The van der Waals surface area contributed by atoms with Crippen molar-refractivity contribution in [3.63, 3.8) is 0 Å². The summed E-state index contributed by atoms with van der Waals surface area (Å²) in [7, 11) is 0. The highest BCUT2D eigenvalue weighted by Gasteiger charge is 2.34. The number of carbonyl (C=O) groups excluding carboxylic acids is 1. The van der Waals surface area contributed by atoms with Gasteiger partial charge in [-0.2, -0.15) is 0 Å². The van der Waals surface area contributed by atoms with E-state index in [4.69, 9.17) is 11.6 Å². The van der Waals surface area contributed by atoms with E-state index in [0.29, 0.717) is 5.69 Å². The molecule has 1 saturated heterocycles. The highest BCUT2D eigenvalue weighted by atomic mass is 35.5. The first kappa shape index (κ1) is 13.3. The van der Waals surface area contributed by atoms with E-state index < -0.39 is 11.4 Å². The van der Waals surface area contributed by atoms with Crippen LogP contribution in [-0.4, -0.2) is 18.0 Å². The van der Waals surface area contributed by atoms with E-state index in [-0.39, 0.29) is 10.9 Å². The highest BCUT2D eigenvalue weighted by molar-refractivity contribution is 6.33. The molecule has 0 aliphatic carbocycles. The molecule has 1 atom stereocenters. The van der Waals surface area contributed by atoms with Crippen LogP contribution in [0.1, 0.15) is 26.2 Å². The van der Waals surface area contributed by atoms with Crippen LogP contribution in [0.3, 0.4) is 0 Å². The summed E-state index contributed by atoms with van der Waals surface area (Å²) in [5, 5.41) is 6.18. The van der Waals surface area contributed by atoms with Crippen molar-refractivity contribution < 1.29 is 9.18 Å². The molecule has 0 aromatic heterocycles. The summed E-state index contributed by atoms with van der Waals surface area (Å²) >= 11 is 5.88. The zero-order valence-corrected chi connectivity index (χ0v) is 11.0. The van der Waals surface area contributed by atoms with Crippen LogP contribution in [0.5, 0.6) is 0 Å². The Morgan fingerprint density at radius 2 is 2.28 bits per heavy atom. The molecule has 98 valence electrons. The maximum absolute atomic E-state index is 12.9. The average Bonchev–Trinajstić information content (AvgIpc) is 2.33. The minimum Gasteiger partial charge on any atom is -0.323 e. The van der Waals surface area contributed by atoms with Crippen molar-refractivity contribution in [1.29, 1.82) is 0 Å². The van der Waals surface area contributed by atoms with Gasteiger partial charge in [0.2, 0.25) is 5.91 Å². The maximum Gasteiger partial charge on any atom is 0.244 e. The van der Waals surface area contributed by atoms with Gasteiger partial charge >= 0.3 is 0 Å². The zero-order chi connectivity index (χ0) is 13.2. The average molecular weight is 271 g/mol. The Balaban J connectivity index is 2.11. The maximum atomic E-state index is 12.9. The topological polar surface area (TPSA) is 41.1 Å². The standard InChI is InChI=1S/C13H16ClFN2O/c1-13(6-2-3-7-16-13)12(18)17-11-5-4-9(15)8-10(11)14/h4-5,8,16H,2-3,6-7H2,1H3,(H,17,18). The predicted octanol–water partition coefficient (Wildman–Crippen LogP) is 2.95. The largest absolute Gasteiger partial charge is 0.323 e. The molecule has 1 aromatic carbocycles. The highest BCUT2D eigenvalue weighted by Crippen LogP contribution is 2.25. The fourth-order valence-corrected chi connectivity index (χ4v) is 2.32. The second kappa shape index (κ2) is 5.24. The molecule has 5 heteroatoms. The lowest BCUT2D eigenvalue weighted by molar-refractivity contribution is -0.122. The van der Waals surface area contributed by atoms with Crippen molar-refractivity contribution in [1.82, 2.24) is 5.32 Å². The first-order chi connectivity index (χ1) is 8.51. The number of piperidine rings is 1. The van der Waals surface area contributed by atoms with Gasteiger partial charge in [-0.3, -0.25) is 4.79 Å². The van der Waals surface area contributed by atoms with E-state index in [1.807, 2.05) is 6.92 Å². The number of nitrogens with one attached hydrogen (secondary N) is 2. The Morgan fingerprint density at radius 1 is 1.50 bits per heavy atom. The molecule has 0 radical (unpaired) electrons. The van der Waals surface area contributed by atoms with E-state index in [1.54, 1.807) is 0 Å². The molecule has 0 spiro atoms. The van der Waals surface area contributed by atoms with Crippen LogP contribution in [-0.2, 0) is 4.79 Å². The third kappa shape index (κ3) is 2.82. The third-order valence-corrected chi connectivity index (χ3v) is 3.61. The zero-order valence-electron chi connectivity index (χ0n) is 10.2. The van der Waals surface area contributed by atoms with Gasteiger partial charge in [0, 0.05) is 0 Å². The van der Waals surface area contributed by atoms with Crippen LogP contribution < -0.4 is 10.6 Å². The monoisotopic (exact) mass is 270 g/mol. The van der Waals surface area contributed by atoms with Gasteiger partial charge in [0.1, 0.15) is 5.82 Å². The second-order valence-corrected chi connectivity index (χ2v) is 5.20. The van der Waals surface area contributed by atoms with Crippen molar-refractivity contribution in [2.24, 2.45) is 0 Å². The van der Waals surface area contributed by atoms with Crippen LogP contribution in [0.4, 0.5) is 10.1 Å². The molecule has 18 heavy (non-hydrogen) atoms. The van der Waals surface area contributed by atoms with Crippen LogP contribution in [0.25, 0.3) is 0 Å². The van der Waals surface area contributed by atoms with Gasteiger partial charge in [0.25, 0.3) is 0 Å². The molecule has 1 heterocycles. The number of rotatable bonds is 2. The van der Waals surface area contributed by atoms with Gasteiger partial charge < -0.3 is 10.6 Å². The van der Waals surface area contributed by atoms with Crippen LogP contribution >= 0.6 is 11.6 Å². The van der Waals surface area contributed by atoms with Crippen molar-refractivity contribution >= 4 is 23.2 Å². The Morgan fingerprint density at radius 3 is 2.89 bits per heavy atom. The minimum atomic E-state index is -0.573. The Hall–Kier alpha value is -1.13. The molecule has 0 bridgehead atoms. The van der Waals surface area contributed by atoms with Gasteiger partial charge in [0.05, 0.1) is 16.2 Å². The Labute approximate surface area is 111 Å². The van der Waals surface area contributed by atoms with E-state index in [2.05, 4.69) is 10.6 Å². The number of carbonyl (C=O) groups is 1. The lowest BCUT2D eigenvalue weighted by Crippen LogP contribution is -2.54. The molecule has 1 aliphatic heterocycles. The SMILES string of the molecule is CC1(C(=O)Nc2ccc(F)cc2Cl)CCCCN1. The molecule has 1 amide bonds. The molecule has 3 nitrogen and oxygen atoms in total. The number of anilines is 1. The summed E-state index contributed by atoms with van der Waals surface area (Å²) in [6, 6.07) is 3.94. The third-order valence-electron chi connectivity index (χ3n) is 3.30. The number of hydrogen-bond acceptors (Lipinski definition) is 2. The number of halogens is 2. The van der Waals surface area contributed by atoms with E-state index in [9.17, 15) is 9.18 Å². The van der Waals surface area contributed by atoms with Crippen LogP contribution in [0, 0.1) is 5.82 Å². The van der Waals surface area contributed by atoms with Gasteiger partial charge in [0.15, 0.2) is 0 Å². The molecule has 1 aliphatic rings. The summed E-state index contributed by atoms with van der Waals surface area (Å²) in [6.07, 6.45) is 2.89. The van der Waals surface area contributed by atoms with E-state index >= 15 is 0 Å². The van der Waals surface area contributed by atoms with Gasteiger partial charge in [-0.05, 0) is 50.9 Å². The molecule has 1 fully saturated rings. The number of hydrogen-bond donors (Lipinski definition) is 2.